The number of hydrogen-bond acceptors (Lipinski definition) is 3. The fourth-order valence-corrected chi connectivity index (χ4v) is 4.79. The number of nitrogens with zero attached hydrogens (tertiary/aromatic N) is 1. The van der Waals surface area contributed by atoms with Gasteiger partial charge in [-0.3, -0.25) is 9.59 Å². The number of aryl methyl sites for hydroxylation is 1. The summed E-state index contributed by atoms with van der Waals surface area (Å²) in [5, 5.41) is 5.77. The van der Waals surface area contributed by atoms with Crippen molar-refractivity contribution in [1.82, 2.24) is 15.5 Å². The van der Waals surface area contributed by atoms with Crippen LogP contribution >= 0.6 is 0 Å². The van der Waals surface area contributed by atoms with Gasteiger partial charge in [0.1, 0.15) is 0 Å². The van der Waals surface area contributed by atoms with Crippen LogP contribution in [-0.2, 0) is 28.9 Å². The predicted molar refractivity (Wildman–Crippen MR) is 184 cm³/mol. The van der Waals surface area contributed by atoms with Crippen LogP contribution in [-0.4, -0.2) is 49.9 Å². The van der Waals surface area contributed by atoms with E-state index in [1.54, 1.807) is 13.8 Å². The third kappa shape index (κ3) is 18.0. The number of nitrogens with one attached hydrogen (secondary N) is 2. The molecular weight excluding hydrogens is 518 g/mol. The Labute approximate surface area is 260 Å². The Hall–Kier alpha value is -2.66. The molecule has 1 unspecified atom stereocenters. The third-order valence-corrected chi connectivity index (χ3v) is 7.06. The van der Waals surface area contributed by atoms with Crippen molar-refractivity contribution >= 4 is 11.8 Å². The van der Waals surface area contributed by atoms with Gasteiger partial charge < -0.3 is 15.5 Å². The van der Waals surface area contributed by atoms with Crippen molar-refractivity contribution in [2.24, 2.45) is 5.92 Å². The van der Waals surface area contributed by atoms with Crippen LogP contribution in [0, 0.1) is 5.92 Å². The fraction of sp³-hybridized carbons (Fsp3) is 0.622. The van der Waals surface area contributed by atoms with E-state index in [9.17, 15) is 9.59 Å². The van der Waals surface area contributed by atoms with Gasteiger partial charge in [-0.1, -0.05) is 110 Å². The first kappa shape index (κ1) is 41.5. The zero-order valence-electron chi connectivity index (χ0n) is 29.1. The SMILES string of the molecule is CC.CC.CC.CC(=O)NCC1CCc2ccccc21.CC(=O)NCC1Cc2ccccc2C1.CCCCN(C)CC. The molecule has 2 amide bonds. The van der Waals surface area contributed by atoms with Gasteiger partial charge in [0, 0.05) is 32.9 Å². The number of amides is 2. The van der Waals surface area contributed by atoms with Gasteiger partial charge in [-0.2, -0.15) is 0 Å². The third-order valence-electron chi connectivity index (χ3n) is 7.06. The van der Waals surface area contributed by atoms with Crippen molar-refractivity contribution in [1.29, 1.82) is 0 Å². The summed E-state index contributed by atoms with van der Waals surface area (Å²) in [6.45, 7) is 23.6. The lowest BCUT2D eigenvalue weighted by atomic mass is 10.0. The quantitative estimate of drug-likeness (QED) is 0.329. The van der Waals surface area contributed by atoms with E-state index in [-0.39, 0.29) is 11.8 Å². The summed E-state index contributed by atoms with van der Waals surface area (Å²) in [6, 6.07) is 17.0. The molecule has 5 nitrogen and oxygen atoms in total. The minimum Gasteiger partial charge on any atom is -0.356 e. The van der Waals surface area contributed by atoms with Gasteiger partial charge in [-0.05, 0) is 80.4 Å². The van der Waals surface area contributed by atoms with Crippen LogP contribution in [0.1, 0.15) is 117 Å². The molecule has 2 aliphatic rings. The minimum atomic E-state index is 0.0642. The first-order valence-electron chi connectivity index (χ1n) is 16.7. The highest BCUT2D eigenvalue weighted by atomic mass is 16.2. The number of unbranched alkanes of at least 4 members (excludes halogenated alkanes) is 1. The number of carbonyl (C=O) groups excluding carboxylic acids is 2. The number of carbonyl (C=O) groups is 2. The Morgan fingerprint density at radius 1 is 0.762 bits per heavy atom. The summed E-state index contributed by atoms with van der Waals surface area (Å²) in [6.07, 6.45) is 7.18. The van der Waals surface area contributed by atoms with Crippen molar-refractivity contribution in [2.75, 3.05) is 33.2 Å². The molecule has 4 rings (SSSR count). The Bertz CT molecular complexity index is 919. The average Bonchev–Trinajstić information content (AvgIpc) is 3.65. The second kappa shape index (κ2) is 27.2. The Balaban J connectivity index is 0. The lowest BCUT2D eigenvalue weighted by Gasteiger charge is -2.11. The van der Waals surface area contributed by atoms with E-state index in [1.807, 2.05) is 41.5 Å². The van der Waals surface area contributed by atoms with Crippen molar-refractivity contribution < 1.29 is 9.59 Å². The molecule has 1 atom stereocenters. The molecule has 0 bridgehead atoms. The molecule has 5 heteroatoms. The molecule has 0 fully saturated rings. The normalized spacial score (nSPS) is 13.9. The van der Waals surface area contributed by atoms with Crippen molar-refractivity contribution in [3.63, 3.8) is 0 Å². The molecule has 0 saturated carbocycles. The molecular formula is C37H65N3O2. The highest BCUT2D eigenvalue weighted by Gasteiger charge is 2.22. The zero-order valence-corrected chi connectivity index (χ0v) is 29.1. The Kier molecular flexibility index (Phi) is 26.9. The number of rotatable bonds is 8. The summed E-state index contributed by atoms with van der Waals surface area (Å²) in [5.74, 6) is 1.25. The molecule has 2 aliphatic carbocycles. The topological polar surface area (TPSA) is 61.4 Å². The van der Waals surface area contributed by atoms with E-state index in [0.29, 0.717) is 11.8 Å². The fourth-order valence-electron chi connectivity index (χ4n) is 4.79. The zero-order chi connectivity index (χ0) is 32.3. The van der Waals surface area contributed by atoms with Gasteiger partial charge in [-0.25, -0.2) is 0 Å². The first-order valence-corrected chi connectivity index (χ1v) is 16.7. The minimum absolute atomic E-state index is 0.0642. The molecule has 240 valence electrons. The molecule has 0 radical (unpaired) electrons. The van der Waals surface area contributed by atoms with E-state index < -0.39 is 0 Å². The van der Waals surface area contributed by atoms with Crippen LogP contribution in [0.25, 0.3) is 0 Å². The van der Waals surface area contributed by atoms with E-state index in [4.69, 9.17) is 0 Å². The second-order valence-electron chi connectivity index (χ2n) is 10.1. The van der Waals surface area contributed by atoms with Crippen LogP contribution in [0.2, 0.25) is 0 Å². The molecule has 0 aromatic heterocycles. The predicted octanol–water partition coefficient (Wildman–Crippen LogP) is 8.21. The van der Waals surface area contributed by atoms with Gasteiger partial charge in [0.2, 0.25) is 11.8 Å². The number of hydrogen-bond donors (Lipinski definition) is 2. The summed E-state index contributed by atoms with van der Waals surface area (Å²) >= 11 is 0. The molecule has 0 heterocycles. The van der Waals surface area contributed by atoms with Gasteiger partial charge in [0.05, 0.1) is 0 Å². The highest BCUT2D eigenvalue weighted by Crippen LogP contribution is 2.32. The molecule has 42 heavy (non-hydrogen) atoms. The monoisotopic (exact) mass is 584 g/mol. The van der Waals surface area contributed by atoms with Crippen LogP contribution in [0.3, 0.4) is 0 Å². The van der Waals surface area contributed by atoms with Crippen molar-refractivity contribution in [3.8, 4) is 0 Å². The second-order valence-corrected chi connectivity index (χ2v) is 10.1. The van der Waals surface area contributed by atoms with Crippen molar-refractivity contribution in [2.45, 2.75) is 114 Å². The lowest BCUT2D eigenvalue weighted by Crippen LogP contribution is -2.27. The van der Waals surface area contributed by atoms with Gasteiger partial charge >= 0.3 is 0 Å². The van der Waals surface area contributed by atoms with Crippen LogP contribution in [0.4, 0.5) is 0 Å². The largest absolute Gasteiger partial charge is 0.356 e. The molecule has 2 aromatic rings. The Morgan fingerprint density at radius 3 is 1.71 bits per heavy atom. The van der Waals surface area contributed by atoms with Crippen LogP contribution in [0.15, 0.2) is 48.5 Å². The highest BCUT2D eigenvalue weighted by molar-refractivity contribution is 5.73. The van der Waals surface area contributed by atoms with E-state index in [1.165, 1.54) is 54.6 Å². The number of benzene rings is 2. The van der Waals surface area contributed by atoms with Gasteiger partial charge in [0.25, 0.3) is 0 Å². The maximum atomic E-state index is 10.8. The maximum Gasteiger partial charge on any atom is 0.216 e. The summed E-state index contributed by atoms with van der Waals surface area (Å²) in [5.41, 5.74) is 5.76. The smallest absolute Gasteiger partial charge is 0.216 e. The van der Waals surface area contributed by atoms with Crippen molar-refractivity contribution in [3.05, 3.63) is 70.8 Å². The van der Waals surface area contributed by atoms with E-state index >= 15 is 0 Å². The molecule has 2 aromatic carbocycles. The maximum absolute atomic E-state index is 10.8. The number of fused-ring (bicyclic) bond motifs is 2. The van der Waals surface area contributed by atoms with Gasteiger partial charge in [0.15, 0.2) is 0 Å². The molecule has 0 saturated heterocycles. The molecule has 2 N–H and O–H groups in total. The Morgan fingerprint density at radius 2 is 1.24 bits per heavy atom. The van der Waals surface area contributed by atoms with Crippen LogP contribution in [0.5, 0.6) is 0 Å². The first-order chi connectivity index (χ1) is 20.3. The van der Waals surface area contributed by atoms with E-state index in [0.717, 1.165) is 32.4 Å². The van der Waals surface area contributed by atoms with Gasteiger partial charge in [-0.15, -0.1) is 0 Å². The summed E-state index contributed by atoms with van der Waals surface area (Å²) in [7, 11) is 2.16. The summed E-state index contributed by atoms with van der Waals surface area (Å²) in [4.78, 5) is 23.9. The molecule has 0 aliphatic heterocycles. The summed E-state index contributed by atoms with van der Waals surface area (Å²) < 4.78 is 0. The lowest BCUT2D eigenvalue weighted by molar-refractivity contribution is -0.119. The van der Waals surface area contributed by atoms with E-state index in [2.05, 4.69) is 85.0 Å². The standard InChI is InChI=1S/2C12H15NO.C7H17N.3C2H6/c1-9(14)13-8-10-6-11-4-2-3-5-12(11)7-10;1-9(14)13-8-11-7-6-10-4-2-3-5-12(10)11;1-4-6-7-8(3)5-2;3*1-2/h2-5,10H,6-8H2,1H3,(H,13,14);2-5,11H,6-8H2,1H3,(H,13,14);4-7H2,1-3H3;3*1-2H3. The average molecular weight is 584 g/mol. The van der Waals surface area contributed by atoms with Crippen LogP contribution < -0.4 is 10.6 Å². The molecule has 0 spiro atoms.